The van der Waals surface area contributed by atoms with E-state index in [1.807, 2.05) is 0 Å². The van der Waals surface area contributed by atoms with E-state index in [2.05, 4.69) is 10.3 Å². The van der Waals surface area contributed by atoms with Gasteiger partial charge in [0.25, 0.3) is 0 Å². The molecule has 1 rings (SSSR count). The Morgan fingerprint density at radius 3 is 2.71 bits per heavy atom. The van der Waals surface area contributed by atoms with Gasteiger partial charge in [-0.3, -0.25) is 0 Å². The van der Waals surface area contributed by atoms with Crippen LogP contribution in [0.15, 0.2) is 0 Å². The minimum Gasteiger partial charge on any atom is -0.476 e. The Hall–Kier alpha value is -1.63. The molecule has 0 amide bonds. The molecule has 0 fully saturated rings. The van der Waals surface area contributed by atoms with Gasteiger partial charge in [0.15, 0.2) is 10.8 Å². The van der Waals surface area contributed by atoms with Gasteiger partial charge in [-0.05, 0) is 20.8 Å². The molecule has 0 spiro atoms. The topological polar surface area (TPSA) is 88.5 Å². The van der Waals surface area contributed by atoms with Gasteiger partial charge in [-0.15, -0.1) is 11.3 Å². The zero-order valence-electron chi connectivity index (χ0n) is 9.81. The average molecular weight is 258 g/mol. The van der Waals surface area contributed by atoms with Crippen molar-refractivity contribution in [2.24, 2.45) is 0 Å². The molecule has 1 atom stereocenters. The van der Waals surface area contributed by atoms with Gasteiger partial charge in [0.05, 0.1) is 6.61 Å². The van der Waals surface area contributed by atoms with Crippen LogP contribution in [0.25, 0.3) is 0 Å². The van der Waals surface area contributed by atoms with Crippen LogP contribution in [-0.4, -0.2) is 34.7 Å². The third-order valence-corrected chi connectivity index (χ3v) is 2.88. The number of esters is 1. The van der Waals surface area contributed by atoms with Crippen molar-refractivity contribution in [1.29, 1.82) is 0 Å². The summed E-state index contributed by atoms with van der Waals surface area (Å²) in [6.07, 6.45) is 0. The Balaban J connectivity index is 2.72. The number of carboxylic acid groups (broad SMARTS) is 1. The molecule has 0 bridgehead atoms. The minimum atomic E-state index is -1.07. The van der Waals surface area contributed by atoms with Gasteiger partial charge in [-0.1, -0.05) is 0 Å². The van der Waals surface area contributed by atoms with Crippen LogP contribution >= 0.6 is 11.3 Å². The molecule has 0 aliphatic carbocycles. The zero-order chi connectivity index (χ0) is 13.0. The fourth-order valence-corrected chi connectivity index (χ4v) is 2.06. The number of carbonyl (C=O) groups is 2. The second kappa shape index (κ2) is 5.62. The summed E-state index contributed by atoms with van der Waals surface area (Å²) in [6, 6.07) is -0.554. The van der Waals surface area contributed by atoms with Gasteiger partial charge >= 0.3 is 11.9 Å². The van der Waals surface area contributed by atoms with E-state index in [4.69, 9.17) is 9.84 Å². The number of ether oxygens (including phenoxy) is 1. The molecule has 0 radical (unpaired) electrons. The first-order valence-electron chi connectivity index (χ1n) is 5.09. The second-order valence-corrected chi connectivity index (χ2v) is 4.55. The van der Waals surface area contributed by atoms with Gasteiger partial charge in [-0.25, -0.2) is 14.6 Å². The summed E-state index contributed by atoms with van der Waals surface area (Å²) < 4.78 is 4.82. The lowest BCUT2D eigenvalue weighted by molar-refractivity contribution is -0.143. The van der Waals surface area contributed by atoms with E-state index >= 15 is 0 Å². The van der Waals surface area contributed by atoms with E-state index in [-0.39, 0.29) is 5.69 Å². The number of hydrogen-bond donors (Lipinski definition) is 2. The highest BCUT2D eigenvalue weighted by Gasteiger charge is 2.18. The lowest BCUT2D eigenvalue weighted by Gasteiger charge is -2.10. The van der Waals surface area contributed by atoms with Crippen LogP contribution < -0.4 is 5.32 Å². The third-order valence-electron chi connectivity index (χ3n) is 1.98. The van der Waals surface area contributed by atoms with Crippen molar-refractivity contribution in [3.05, 3.63) is 10.6 Å². The van der Waals surface area contributed by atoms with Crippen molar-refractivity contribution in [3.63, 3.8) is 0 Å². The van der Waals surface area contributed by atoms with E-state index in [0.717, 1.165) is 0 Å². The van der Waals surface area contributed by atoms with Crippen molar-refractivity contribution in [3.8, 4) is 0 Å². The Labute approximate surface area is 103 Å². The van der Waals surface area contributed by atoms with E-state index in [1.165, 1.54) is 11.3 Å². The Bertz CT molecular complexity index is 430. The van der Waals surface area contributed by atoms with Crippen molar-refractivity contribution < 1.29 is 19.4 Å². The first-order valence-corrected chi connectivity index (χ1v) is 5.91. The normalized spacial score (nSPS) is 11.9. The maximum Gasteiger partial charge on any atom is 0.355 e. The molecular weight excluding hydrogens is 244 g/mol. The van der Waals surface area contributed by atoms with Crippen molar-refractivity contribution in [2.75, 3.05) is 11.9 Å². The summed E-state index contributed by atoms with van der Waals surface area (Å²) in [5.74, 6) is -1.46. The van der Waals surface area contributed by atoms with Crippen LogP contribution in [0.1, 0.15) is 29.2 Å². The fourth-order valence-electron chi connectivity index (χ4n) is 1.17. The smallest absolute Gasteiger partial charge is 0.355 e. The quantitative estimate of drug-likeness (QED) is 0.778. The number of aromatic nitrogens is 1. The maximum absolute atomic E-state index is 11.3. The number of aryl methyl sites for hydroxylation is 1. The van der Waals surface area contributed by atoms with Crippen LogP contribution in [-0.2, 0) is 9.53 Å². The number of carboxylic acids is 1. The Kier molecular flexibility index (Phi) is 4.45. The largest absolute Gasteiger partial charge is 0.476 e. The summed E-state index contributed by atoms with van der Waals surface area (Å²) in [5, 5.41) is 12.0. The number of anilines is 1. The van der Waals surface area contributed by atoms with E-state index < -0.39 is 18.0 Å². The number of aromatic carboxylic acids is 1. The van der Waals surface area contributed by atoms with Crippen molar-refractivity contribution >= 4 is 28.4 Å². The number of carbonyl (C=O) groups excluding carboxylic acids is 1. The van der Waals surface area contributed by atoms with Crippen molar-refractivity contribution in [2.45, 2.75) is 26.8 Å². The molecule has 2 N–H and O–H groups in total. The average Bonchev–Trinajstić information content (AvgIpc) is 2.59. The lowest BCUT2D eigenvalue weighted by atomic mass is 10.3. The maximum atomic E-state index is 11.3. The number of rotatable bonds is 5. The van der Waals surface area contributed by atoms with Crippen LogP contribution in [0.4, 0.5) is 5.13 Å². The van der Waals surface area contributed by atoms with Gasteiger partial charge in [0, 0.05) is 4.88 Å². The first kappa shape index (κ1) is 13.4. The van der Waals surface area contributed by atoms with Gasteiger partial charge in [-0.2, -0.15) is 0 Å². The highest BCUT2D eigenvalue weighted by Crippen LogP contribution is 2.22. The molecule has 1 aromatic rings. The first-order chi connectivity index (χ1) is 7.95. The predicted molar refractivity (Wildman–Crippen MR) is 63.5 cm³/mol. The van der Waals surface area contributed by atoms with Crippen LogP contribution in [0.2, 0.25) is 0 Å². The number of nitrogens with zero attached hydrogens (tertiary/aromatic N) is 1. The predicted octanol–water partition coefficient (Wildman–Crippen LogP) is 1.51. The molecule has 0 aromatic carbocycles. The fraction of sp³-hybridized carbons (Fsp3) is 0.500. The number of nitrogens with one attached hydrogen (secondary N) is 1. The molecular formula is C10H14N2O4S. The van der Waals surface area contributed by atoms with Gasteiger partial charge in [0.1, 0.15) is 6.04 Å². The van der Waals surface area contributed by atoms with E-state index in [1.54, 1.807) is 20.8 Å². The van der Waals surface area contributed by atoms with E-state index in [0.29, 0.717) is 16.6 Å². The SMILES string of the molecule is CCOC(=O)C(C)Nc1nc(C(=O)O)c(C)s1. The van der Waals surface area contributed by atoms with Gasteiger partial charge in [0.2, 0.25) is 0 Å². The molecule has 0 aliphatic heterocycles. The summed E-state index contributed by atoms with van der Waals surface area (Å²) in [4.78, 5) is 26.6. The standard InChI is InChI=1S/C10H14N2O4S/c1-4-16-9(15)5(2)11-10-12-7(8(13)14)6(3)17-10/h5H,4H2,1-3H3,(H,11,12)(H,13,14). The Morgan fingerprint density at radius 2 is 2.24 bits per heavy atom. The molecule has 0 saturated carbocycles. The lowest BCUT2D eigenvalue weighted by Crippen LogP contribution is -2.28. The summed E-state index contributed by atoms with van der Waals surface area (Å²) >= 11 is 1.20. The van der Waals surface area contributed by atoms with Crippen LogP contribution in [0.5, 0.6) is 0 Å². The second-order valence-electron chi connectivity index (χ2n) is 3.35. The van der Waals surface area contributed by atoms with Crippen LogP contribution in [0.3, 0.4) is 0 Å². The molecule has 1 unspecified atom stereocenters. The Morgan fingerprint density at radius 1 is 1.59 bits per heavy atom. The highest BCUT2D eigenvalue weighted by molar-refractivity contribution is 7.15. The summed E-state index contributed by atoms with van der Waals surface area (Å²) in [6.45, 7) is 5.33. The molecule has 7 heteroatoms. The third kappa shape index (κ3) is 3.42. The number of hydrogen-bond acceptors (Lipinski definition) is 6. The highest BCUT2D eigenvalue weighted by atomic mass is 32.1. The van der Waals surface area contributed by atoms with Crippen LogP contribution in [0, 0.1) is 6.92 Å². The molecule has 0 saturated heterocycles. The van der Waals surface area contributed by atoms with E-state index in [9.17, 15) is 9.59 Å². The number of thiazole rings is 1. The molecule has 1 heterocycles. The molecule has 0 aliphatic rings. The molecule has 1 aromatic heterocycles. The molecule has 94 valence electrons. The minimum absolute atomic E-state index is 0.00792. The summed E-state index contributed by atoms with van der Waals surface area (Å²) in [7, 11) is 0. The van der Waals surface area contributed by atoms with Gasteiger partial charge < -0.3 is 15.2 Å². The molecule has 6 nitrogen and oxygen atoms in total. The zero-order valence-corrected chi connectivity index (χ0v) is 10.6. The van der Waals surface area contributed by atoms with Crippen molar-refractivity contribution in [1.82, 2.24) is 4.98 Å². The monoisotopic (exact) mass is 258 g/mol. The molecule has 17 heavy (non-hydrogen) atoms. The summed E-state index contributed by atoms with van der Waals surface area (Å²) in [5.41, 5.74) is 0.00792.